The lowest BCUT2D eigenvalue weighted by atomic mass is 9.74. The Kier molecular flexibility index (Phi) is 8.29. The van der Waals surface area contributed by atoms with E-state index in [1.165, 1.54) is 19.2 Å². The largest absolute Gasteiger partial charge is 0.490 e. The van der Waals surface area contributed by atoms with Crippen LogP contribution in [0.15, 0.2) is 28.7 Å². The van der Waals surface area contributed by atoms with Crippen molar-refractivity contribution in [2.75, 3.05) is 25.5 Å². The Morgan fingerprint density at radius 2 is 2.08 bits per heavy atom. The first-order valence-electron chi connectivity index (χ1n) is 12.1. The highest BCUT2D eigenvalue weighted by Gasteiger charge is 2.57. The highest BCUT2D eigenvalue weighted by atomic mass is 32.3. The van der Waals surface area contributed by atoms with Gasteiger partial charge in [0.05, 0.1) is 11.5 Å². The molecule has 1 aromatic carbocycles. The van der Waals surface area contributed by atoms with Crippen molar-refractivity contribution < 1.29 is 36.4 Å². The summed E-state index contributed by atoms with van der Waals surface area (Å²) < 4.78 is 41.1. The number of rotatable bonds is 11. The van der Waals surface area contributed by atoms with Gasteiger partial charge in [-0.15, -0.1) is 15.6 Å². The first-order chi connectivity index (χ1) is 18.8. The van der Waals surface area contributed by atoms with Crippen LogP contribution in [-0.2, 0) is 42.1 Å². The number of carbonyl (C=O) groups is 2. The SMILES string of the molecule is CC1(C)C(CC(=O)/C(=N\OCCOc2ccc3c(c2)CN(C(=N)N)CC3)c2csc(N)n2)C(=O)N1OS(=O)(=O)O. The van der Waals surface area contributed by atoms with Gasteiger partial charge in [-0.05, 0) is 43.5 Å². The smallest absolute Gasteiger partial charge is 0.418 e. The molecule has 0 bridgehead atoms. The zero-order valence-electron chi connectivity index (χ0n) is 21.7. The van der Waals surface area contributed by atoms with Crippen molar-refractivity contribution >= 4 is 50.2 Å². The second kappa shape index (κ2) is 11.4. The highest BCUT2D eigenvalue weighted by Crippen LogP contribution is 2.40. The summed E-state index contributed by atoms with van der Waals surface area (Å²) in [6.45, 7) is 4.27. The summed E-state index contributed by atoms with van der Waals surface area (Å²) in [4.78, 5) is 36.8. The molecule has 0 spiro atoms. The molecular weight excluding hydrogens is 566 g/mol. The molecule has 0 aliphatic carbocycles. The maximum atomic E-state index is 13.2. The molecular formula is C23H29N7O8S2. The normalized spacial score (nSPS) is 18.6. The molecule has 1 unspecified atom stereocenters. The van der Waals surface area contributed by atoms with Gasteiger partial charge in [0.1, 0.15) is 18.1 Å². The fraction of sp³-hybridized carbons (Fsp3) is 0.435. The van der Waals surface area contributed by atoms with Crippen LogP contribution in [-0.4, -0.2) is 76.6 Å². The number of oxime groups is 1. The summed E-state index contributed by atoms with van der Waals surface area (Å²) >= 11 is 1.09. The van der Waals surface area contributed by atoms with Crippen LogP contribution in [0.1, 0.15) is 37.1 Å². The number of nitrogen functional groups attached to an aromatic ring is 1. The van der Waals surface area contributed by atoms with E-state index in [2.05, 4.69) is 14.4 Å². The van der Waals surface area contributed by atoms with Crippen molar-refractivity contribution in [2.24, 2.45) is 16.8 Å². The number of hydrogen-bond acceptors (Lipinski definition) is 12. The molecule has 1 atom stereocenters. The Morgan fingerprint density at radius 1 is 1.32 bits per heavy atom. The van der Waals surface area contributed by atoms with Gasteiger partial charge >= 0.3 is 10.4 Å². The Hall–Kier alpha value is -3.80. The van der Waals surface area contributed by atoms with Gasteiger partial charge in [-0.3, -0.25) is 19.6 Å². The molecule has 1 fully saturated rings. The van der Waals surface area contributed by atoms with Crippen molar-refractivity contribution in [1.29, 1.82) is 5.41 Å². The summed E-state index contributed by atoms with van der Waals surface area (Å²) in [6.07, 6.45) is 0.430. The van der Waals surface area contributed by atoms with Gasteiger partial charge < -0.3 is 25.9 Å². The van der Waals surface area contributed by atoms with Gasteiger partial charge in [0, 0.05) is 24.9 Å². The molecule has 2 aliphatic heterocycles. The number of hydrogen-bond donors (Lipinski definition) is 4. The number of β-lactam (4-membered cyclic amide) rings is 1. The van der Waals surface area contributed by atoms with E-state index in [0.717, 1.165) is 28.9 Å². The predicted octanol–water partition coefficient (Wildman–Crippen LogP) is 0.707. The molecule has 216 valence electrons. The topological polar surface area (TPSA) is 224 Å². The van der Waals surface area contributed by atoms with E-state index in [9.17, 15) is 18.0 Å². The number of ether oxygens (including phenoxy) is 1. The highest BCUT2D eigenvalue weighted by molar-refractivity contribution is 7.80. The first-order valence-corrected chi connectivity index (χ1v) is 14.3. The molecule has 1 saturated heterocycles. The molecule has 2 aliphatic rings. The van der Waals surface area contributed by atoms with E-state index in [0.29, 0.717) is 23.9 Å². The third kappa shape index (κ3) is 6.49. The number of anilines is 1. The number of amides is 1. The maximum absolute atomic E-state index is 13.2. The molecule has 2 aromatic rings. The Balaban J connectivity index is 1.37. The molecule has 3 heterocycles. The van der Waals surface area contributed by atoms with Crippen LogP contribution >= 0.6 is 11.3 Å². The lowest BCUT2D eigenvalue weighted by Gasteiger charge is -2.50. The molecule has 15 nitrogen and oxygen atoms in total. The number of nitrogens with two attached hydrogens (primary N) is 2. The lowest BCUT2D eigenvalue weighted by Crippen LogP contribution is -2.68. The van der Waals surface area contributed by atoms with E-state index in [4.69, 9.17) is 31.0 Å². The number of guanidine groups is 1. The van der Waals surface area contributed by atoms with Gasteiger partial charge in [0.15, 0.2) is 29.2 Å². The fourth-order valence-corrected chi connectivity index (χ4v) is 5.42. The van der Waals surface area contributed by atoms with E-state index in [1.807, 2.05) is 18.2 Å². The van der Waals surface area contributed by atoms with E-state index < -0.39 is 33.5 Å². The minimum absolute atomic E-state index is 0.0170. The predicted molar refractivity (Wildman–Crippen MR) is 144 cm³/mol. The molecule has 0 radical (unpaired) electrons. The molecule has 1 aromatic heterocycles. The average Bonchev–Trinajstić information content (AvgIpc) is 3.32. The van der Waals surface area contributed by atoms with Crippen molar-refractivity contribution in [3.63, 3.8) is 0 Å². The minimum Gasteiger partial charge on any atom is -0.490 e. The van der Waals surface area contributed by atoms with Gasteiger partial charge in [0.2, 0.25) is 0 Å². The number of ketones is 1. The minimum atomic E-state index is -4.92. The third-order valence-corrected chi connectivity index (χ3v) is 7.60. The number of hydroxylamine groups is 2. The van der Waals surface area contributed by atoms with Crippen LogP contribution in [0, 0.1) is 11.3 Å². The molecule has 17 heteroatoms. The summed E-state index contributed by atoms with van der Waals surface area (Å²) in [6, 6.07) is 5.69. The summed E-state index contributed by atoms with van der Waals surface area (Å²) in [7, 11) is -4.92. The van der Waals surface area contributed by atoms with Crippen LogP contribution in [0.25, 0.3) is 0 Å². The standard InChI is InChI=1S/C23H29N7O8S2/c1-23(2)16(20(32)30(23)38-40(33,34)35)10-18(31)19(17-12-39-22(26)27-17)28-37-8-7-36-15-4-3-13-5-6-29(21(24)25)11-14(13)9-15/h3-4,9,12,16H,5-8,10-11H2,1-2H3,(H3,24,25)(H2,26,27)(H,33,34,35)/b28-19-. The number of thiazole rings is 1. The molecule has 0 saturated carbocycles. The van der Waals surface area contributed by atoms with Crippen LogP contribution in [0.5, 0.6) is 5.75 Å². The number of aromatic nitrogens is 1. The maximum Gasteiger partial charge on any atom is 0.418 e. The summed E-state index contributed by atoms with van der Waals surface area (Å²) in [5, 5.41) is 13.8. The van der Waals surface area contributed by atoms with Crippen molar-refractivity contribution in [1.82, 2.24) is 14.9 Å². The van der Waals surface area contributed by atoms with Gasteiger partial charge in [-0.1, -0.05) is 11.2 Å². The second-order valence-corrected chi connectivity index (χ2v) is 11.5. The van der Waals surface area contributed by atoms with Gasteiger partial charge in [-0.2, -0.15) is 13.5 Å². The third-order valence-electron chi connectivity index (χ3n) is 6.59. The molecule has 1 amide bonds. The van der Waals surface area contributed by atoms with Gasteiger partial charge in [-0.25, -0.2) is 4.98 Å². The molecule has 6 N–H and O–H groups in total. The average molecular weight is 596 g/mol. The number of benzene rings is 1. The van der Waals surface area contributed by atoms with Crippen molar-refractivity contribution in [3.05, 3.63) is 40.4 Å². The van der Waals surface area contributed by atoms with Gasteiger partial charge in [0.25, 0.3) is 5.91 Å². The number of nitrogens with zero attached hydrogens (tertiary/aromatic N) is 4. The van der Waals surface area contributed by atoms with Crippen LogP contribution in [0.2, 0.25) is 0 Å². The van der Waals surface area contributed by atoms with Crippen LogP contribution in [0.3, 0.4) is 0 Å². The Bertz CT molecular complexity index is 1460. The summed E-state index contributed by atoms with van der Waals surface area (Å²) in [5.74, 6) is -1.71. The van der Waals surface area contributed by atoms with Crippen LogP contribution in [0.4, 0.5) is 5.13 Å². The fourth-order valence-electron chi connectivity index (χ4n) is 4.42. The monoisotopic (exact) mass is 595 g/mol. The van der Waals surface area contributed by atoms with Crippen molar-refractivity contribution in [3.8, 4) is 5.75 Å². The Labute approximate surface area is 234 Å². The van der Waals surface area contributed by atoms with E-state index in [-0.39, 0.29) is 42.1 Å². The lowest BCUT2D eigenvalue weighted by molar-refractivity contribution is -0.228. The van der Waals surface area contributed by atoms with Crippen LogP contribution < -0.4 is 16.2 Å². The number of Topliss-reactive ketones (excluding diaryl/α,β-unsaturated/α-hetero) is 1. The zero-order chi connectivity index (χ0) is 29.2. The van der Waals surface area contributed by atoms with E-state index in [1.54, 1.807) is 4.90 Å². The van der Waals surface area contributed by atoms with Crippen molar-refractivity contribution in [2.45, 2.75) is 38.8 Å². The summed E-state index contributed by atoms with van der Waals surface area (Å²) in [5.41, 5.74) is 12.3. The number of nitrogens with one attached hydrogen (secondary N) is 1. The number of carbonyl (C=O) groups excluding carboxylic acids is 2. The molecule has 4 rings (SSSR count). The zero-order valence-corrected chi connectivity index (χ0v) is 23.3. The quantitative estimate of drug-likeness (QED) is 0.0704. The first kappa shape index (κ1) is 29.2. The molecule has 40 heavy (non-hydrogen) atoms. The van der Waals surface area contributed by atoms with E-state index >= 15 is 0 Å². The number of fused-ring (bicyclic) bond motifs is 1. The second-order valence-electron chi connectivity index (χ2n) is 9.65. The Morgan fingerprint density at radius 3 is 2.70 bits per heavy atom.